The lowest BCUT2D eigenvalue weighted by Gasteiger charge is -2.36. The molecule has 1 aliphatic rings. The average molecular weight is 431 g/mol. The summed E-state index contributed by atoms with van der Waals surface area (Å²) in [5.74, 6) is 1.51. The van der Waals surface area contributed by atoms with Crippen molar-refractivity contribution in [2.75, 3.05) is 51.2 Å². The number of benzene rings is 1. The van der Waals surface area contributed by atoms with Gasteiger partial charge in [0.1, 0.15) is 18.0 Å². The van der Waals surface area contributed by atoms with Crippen molar-refractivity contribution in [3.05, 3.63) is 42.2 Å². The van der Waals surface area contributed by atoms with Crippen LogP contribution in [0.2, 0.25) is 0 Å². The fourth-order valence-corrected chi connectivity index (χ4v) is 3.57. The van der Waals surface area contributed by atoms with E-state index in [1.54, 1.807) is 25.5 Å². The van der Waals surface area contributed by atoms with E-state index in [4.69, 9.17) is 0 Å². The largest absolute Gasteiger partial charge is 0.368 e. The number of carbonyl (C=O) groups excluding carboxylic acids is 1. The molecule has 2 N–H and O–H groups in total. The van der Waals surface area contributed by atoms with Crippen LogP contribution in [0.4, 0.5) is 10.1 Å². The summed E-state index contributed by atoms with van der Waals surface area (Å²) in [6.45, 7) is 6.83. The van der Waals surface area contributed by atoms with E-state index < -0.39 is 0 Å². The van der Waals surface area contributed by atoms with Crippen molar-refractivity contribution in [3.8, 4) is 0 Å². The number of aromatic nitrogens is 3. The Hall–Kier alpha value is -3.17. The molecule has 0 atom stereocenters. The summed E-state index contributed by atoms with van der Waals surface area (Å²) in [7, 11) is 1.71. The van der Waals surface area contributed by atoms with Crippen molar-refractivity contribution >= 4 is 17.6 Å². The molecule has 1 amide bonds. The van der Waals surface area contributed by atoms with E-state index in [0.717, 1.165) is 37.6 Å². The monoisotopic (exact) mass is 430 g/mol. The van der Waals surface area contributed by atoms with Crippen LogP contribution in [0.1, 0.15) is 19.2 Å². The van der Waals surface area contributed by atoms with Gasteiger partial charge >= 0.3 is 0 Å². The third-order valence-corrected chi connectivity index (χ3v) is 5.34. The van der Waals surface area contributed by atoms with Gasteiger partial charge in [-0.3, -0.25) is 9.79 Å². The second-order valence-electron chi connectivity index (χ2n) is 7.31. The number of nitrogens with one attached hydrogen (secondary N) is 2. The summed E-state index contributed by atoms with van der Waals surface area (Å²) >= 11 is 0. The minimum absolute atomic E-state index is 0.124. The number of piperazine rings is 1. The summed E-state index contributed by atoms with van der Waals surface area (Å²) in [5.41, 5.74) is 0.988. The van der Waals surface area contributed by atoms with Crippen LogP contribution in [-0.2, 0) is 17.8 Å². The Bertz CT molecular complexity index is 859. The van der Waals surface area contributed by atoms with Gasteiger partial charge in [-0.05, 0) is 24.3 Å². The van der Waals surface area contributed by atoms with Crippen molar-refractivity contribution in [2.45, 2.75) is 26.3 Å². The minimum atomic E-state index is -0.237. The first-order valence-electron chi connectivity index (χ1n) is 10.7. The molecule has 0 aliphatic carbocycles. The standard InChI is InChI=1S/C21H31FN8O/c1-3-19-27-26-16-30(19)11-10-25-21(23-2)24-9-8-20(31)29-14-12-28(13-15-29)18-6-4-17(22)5-7-18/h4-7,16H,3,8-15H2,1-2H3,(H2,23,24,25). The molecule has 2 aromatic rings. The lowest BCUT2D eigenvalue weighted by atomic mass is 10.2. The van der Waals surface area contributed by atoms with Crippen molar-refractivity contribution in [3.63, 3.8) is 0 Å². The molecular weight excluding hydrogens is 399 g/mol. The molecule has 1 saturated heterocycles. The summed E-state index contributed by atoms with van der Waals surface area (Å²) in [6, 6.07) is 6.49. The molecule has 0 radical (unpaired) electrons. The van der Waals surface area contributed by atoms with Gasteiger partial charge in [0, 0.05) is 71.4 Å². The van der Waals surface area contributed by atoms with Gasteiger partial charge in [-0.2, -0.15) is 0 Å². The average Bonchev–Trinajstić information content (AvgIpc) is 3.26. The van der Waals surface area contributed by atoms with Gasteiger partial charge in [0.2, 0.25) is 5.91 Å². The normalized spacial score (nSPS) is 14.6. The molecule has 0 bridgehead atoms. The van der Waals surface area contributed by atoms with Crippen LogP contribution in [0.15, 0.2) is 35.6 Å². The summed E-state index contributed by atoms with van der Waals surface area (Å²) in [5, 5.41) is 14.4. The van der Waals surface area contributed by atoms with E-state index in [9.17, 15) is 9.18 Å². The molecule has 2 heterocycles. The topological polar surface area (TPSA) is 90.7 Å². The highest BCUT2D eigenvalue weighted by molar-refractivity contribution is 5.81. The van der Waals surface area contributed by atoms with Crippen molar-refractivity contribution < 1.29 is 9.18 Å². The van der Waals surface area contributed by atoms with Gasteiger partial charge < -0.3 is 25.0 Å². The molecule has 0 spiro atoms. The smallest absolute Gasteiger partial charge is 0.224 e. The second-order valence-corrected chi connectivity index (χ2v) is 7.31. The number of anilines is 1. The zero-order valence-corrected chi connectivity index (χ0v) is 18.2. The van der Waals surface area contributed by atoms with Crippen LogP contribution in [0.5, 0.6) is 0 Å². The zero-order valence-electron chi connectivity index (χ0n) is 18.2. The molecule has 10 heteroatoms. The van der Waals surface area contributed by atoms with Gasteiger partial charge in [-0.25, -0.2) is 4.39 Å². The number of carbonyl (C=O) groups is 1. The summed E-state index contributed by atoms with van der Waals surface area (Å²) < 4.78 is 15.1. The Morgan fingerprint density at radius 1 is 1.13 bits per heavy atom. The third-order valence-electron chi connectivity index (χ3n) is 5.34. The van der Waals surface area contributed by atoms with Gasteiger partial charge in [0.05, 0.1) is 0 Å². The first-order valence-corrected chi connectivity index (χ1v) is 10.7. The molecule has 1 fully saturated rings. The molecule has 31 heavy (non-hydrogen) atoms. The fraction of sp³-hybridized carbons (Fsp3) is 0.524. The predicted molar refractivity (Wildman–Crippen MR) is 119 cm³/mol. The number of guanidine groups is 1. The van der Waals surface area contributed by atoms with Gasteiger partial charge in [0.15, 0.2) is 5.96 Å². The maximum atomic E-state index is 13.1. The number of hydrogen-bond donors (Lipinski definition) is 2. The zero-order chi connectivity index (χ0) is 22.1. The Balaban J connectivity index is 1.34. The maximum absolute atomic E-state index is 13.1. The number of aryl methyl sites for hydroxylation is 1. The Morgan fingerprint density at radius 2 is 1.84 bits per heavy atom. The first kappa shape index (κ1) is 22.5. The minimum Gasteiger partial charge on any atom is -0.368 e. The highest BCUT2D eigenvalue weighted by Crippen LogP contribution is 2.17. The van der Waals surface area contributed by atoms with E-state index >= 15 is 0 Å². The van der Waals surface area contributed by atoms with E-state index in [1.165, 1.54) is 12.1 Å². The lowest BCUT2D eigenvalue weighted by molar-refractivity contribution is -0.131. The molecule has 3 rings (SSSR count). The predicted octanol–water partition coefficient (Wildman–Crippen LogP) is 0.884. The third kappa shape index (κ3) is 6.40. The number of nitrogens with zero attached hydrogens (tertiary/aromatic N) is 6. The Kier molecular flexibility index (Phi) is 8.19. The maximum Gasteiger partial charge on any atom is 0.224 e. The highest BCUT2D eigenvalue weighted by atomic mass is 19.1. The number of amides is 1. The summed E-state index contributed by atoms with van der Waals surface area (Å²) in [4.78, 5) is 20.8. The Labute approximate surface area is 182 Å². The number of rotatable bonds is 8. The van der Waals surface area contributed by atoms with Crippen molar-refractivity contribution in [1.29, 1.82) is 0 Å². The van der Waals surface area contributed by atoms with Crippen LogP contribution >= 0.6 is 0 Å². The van der Waals surface area contributed by atoms with Crippen LogP contribution in [0.25, 0.3) is 0 Å². The van der Waals surface area contributed by atoms with Crippen LogP contribution in [0.3, 0.4) is 0 Å². The number of halogens is 1. The van der Waals surface area contributed by atoms with E-state index in [2.05, 4.69) is 30.7 Å². The van der Waals surface area contributed by atoms with E-state index in [-0.39, 0.29) is 11.7 Å². The van der Waals surface area contributed by atoms with Crippen molar-refractivity contribution in [2.24, 2.45) is 4.99 Å². The second kappa shape index (κ2) is 11.3. The SMILES string of the molecule is CCc1nncn1CCNC(=NC)NCCC(=O)N1CCN(c2ccc(F)cc2)CC1. The quantitative estimate of drug-likeness (QED) is 0.477. The lowest BCUT2D eigenvalue weighted by Crippen LogP contribution is -2.49. The molecular formula is C21H31FN8O. The highest BCUT2D eigenvalue weighted by Gasteiger charge is 2.21. The fourth-order valence-electron chi connectivity index (χ4n) is 3.57. The number of hydrogen-bond acceptors (Lipinski definition) is 5. The molecule has 1 aliphatic heterocycles. The summed E-state index contributed by atoms with van der Waals surface area (Å²) in [6.07, 6.45) is 2.97. The first-order chi connectivity index (χ1) is 15.1. The molecule has 9 nitrogen and oxygen atoms in total. The van der Waals surface area contributed by atoms with Gasteiger partial charge in [-0.1, -0.05) is 6.92 Å². The molecule has 0 unspecified atom stereocenters. The van der Waals surface area contributed by atoms with Crippen molar-refractivity contribution in [1.82, 2.24) is 30.3 Å². The van der Waals surface area contributed by atoms with E-state index in [1.807, 2.05) is 16.4 Å². The molecule has 0 saturated carbocycles. The molecule has 1 aromatic carbocycles. The van der Waals surface area contributed by atoms with E-state index in [0.29, 0.717) is 38.6 Å². The number of aliphatic imine (C=N–C) groups is 1. The van der Waals surface area contributed by atoms with Gasteiger partial charge in [-0.15, -0.1) is 10.2 Å². The molecule has 1 aromatic heterocycles. The Morgan fingerprint density at radius 3 is 2.52 bits per heavy atom. The van der Waals surface area contributed by atoms with Gasteiger partial charge in [0.25, 0.3) is 0 Å². The molecule has 168 valence electrons. The van der Waals surface area contributed by atoms with Crippen LogP contribution < -0.4 is 15.5 Å². The van der Waals surface area contributed by atoms with Crippen LogP contribution in [-0.4, -0.2) is 77.8 Å². The van der Waals surface area contributed by atoms with Crippen LogP contribution in [0, 0.1) is 5.82 Å².